The van der Waals surface area contributed by atoms with E-state index in [1.54, 1.807) is 0 Å². The fourth-order valence-electron chi connectivity index (χ4n) is 9.03. The highest BCUT2D eigenvalue weighted by Gasteiger charge is 2.51. The van der Waals surface area contributed by atoms with Crippen molar-refractivity contribution >= 4 is 21.5 Å². The molecule has 0 aliphatic heterocycles. The van der Waals surface area contributed by atoms with Gasteiger partial charge in [0.1, 0.15) is 22.7 Å². The second-order valence-corrected chi connectivity index (χ2v) is 16.6. The van der Waals surface area contributed by atoms with Crippen molar-refractivity contribution in [1.82, 2.24) is 0 Å². The first-order chi connectivity index (χ1) is 28.5. The Morgan fingerprint density at radius 3 is 0.931 bits per heavy atom. The molecule has 0 saturated heterocycles. The van der Waals surface area contributed by atoms with Gasteiger partial charge in [-0.1, -0.05) is 177 Å². The molecule has 6 aromatic rings. The molecule has 304 valence electrons. The largest absolute Gasteiger partial charge is 0.494 e. The van der Waals surface area contributed by atoms with E-state index < -0.39 is 11.2 Å². The molecular formula is C54H64O4. The van der Waals surface area contributed by atoms with Crippen molar-refractivity contribution in [1.29, 1.82) is 0 Å². The highest BCUT2D eigenvalue weighted by molar-refractivity contribution is 5.90. The van der Waals surface area contributed by atoms with Crippen molar-refractivity contribution in [2.24, 2.45) is 0 Å². The number of unbranched alkanes of at least 4 members (excludes halogenated alkanes) is 14. The van der Waals surface area contributed by atoms with Crippen molar-refractivity contribution in [2.45, 2.75) is 128 Å². The zero-order valence-corrected chi connectivity index (χ0v) is 35.0. The summed E-state index contributed by atoms with van der Waals surface area (Å²) in [6, 6.07) is 40.6. The normalized spacial score (nSPS) is 17.3. The van der Waals surface area contributed by atoms with E-state index in [-0.39, 0.29) is 0 Å². The third-order valence-electron chi connectivity index (χ3n) is 12.4. The average Bonchev–Trinajstić information content (AvgIpc) is 3.26. The molecule has 0 radical (unpaired) electrons. The molecule has 0 unspecified atom stereocenters. The standard InChI is InChI=1S/C54H64O4/c1-3-5-7-9-11-13-15-21-35-57-47-31-27-45(28-32-47)53(55)49-37-41-23-17-19-25-43(41)39-51(49)54(56,52-40-44-26-20-18-24-42(44)38-50(52)53)46-29-33-48(34-30-46)58-36-22-16-14-12-10-8-6-4-2/h17-20,23-34,37-40,55-56H,3-16,21-22,35-36H2,1-2H3. The second-order valence-electron chi connectivity index (χ2n) is 16.6. The summed E-state index contributed by atoms with van der Waals surface area (Å²) in [5.74, 6) is 1.59. The first kappa shape index (κ1) is 41.5. The van der Waals surface area contributed by atoms with Gasteiger partial charge in [-0.3, -0.25) is 0 Å². The Morgan fingerprint density at radius 2 is 0.638 bits per heavy atom. The van der Waals surface area contributed by atoms with Gasteiger partial charge in [-0.05, 0) is 94.0 Å². The van der Waals surface area contributed by atoms with E-state index in [0.717, 1.165) is 57.0 Å². The first-order valence-corrected chi connectivity index (χ1v) is 22.5. The molecule has 0 spiro atoms. The summed E-state index contributed by atoms with van der Waals surface area (Å²) in [5, 5.41) is 30.9. The molecule has 7 rings (SSSR count). The van der Waals surface area contributed by atoms with Crippen LogP contribution in [-0.2, 0) is 11.2 Å². The van der Waals surface area contributed by atoms with Gasteiger partial charge in [0.25, 0.3) is 0 Å². The van der Waals surface area contributed by atoms with Crippen molar-refractivity contribution in [3.05, 3.63) is 155 Å². The van der Waals surface area contributed by atoms with Crippen LogP contribution in [0.2, 0.25) is 0 Å². The summed E-state index contributed by atoms with van der Waals surface area (Å²) in [4.78, 5) is 0. The van der Waals surface area contributed by atoms with Gasteiger partial charge in [-0.2, -0.15) is 0 Å². The average molecular weight is 777 g/mol. The summed E-state index contributed by atoms with van der Waals surface area (Å²) in [6.45, 7) is 5.88. The number of aliphatic hydroxyl groups is 2. The topological polar surface area (TPSA) is 58.9 Å². The van der Waals surface area contributed by atoms with Crippen LogP contribution in [0, 0.1) is 0 Å². The Labute approximate surface area is 347 Å². The van der Waals surface area contributed by atoms with Gasteiger partial charge in [0, 0.05) is 22.3 Å². The maximum Gasteiger partial charge on any atom is 0.141 e. The van der Waals surface area contributed by atoms with E-state index in [0.29, 0.717) is 35.5 Å². The molecule has 1 aliphatic carbocycles. The van der Waals surface area contributed by atoms with Crippen LogP contribution in [-0.4, -0.2) is 23.4 Å². The van der Waals surface area contributed by atoms with Crippen LogP contribution >= 0.6 is 0 Å². The molecule has 0 bridgehead atoms. The van der Waals surface area contributed by atoms with Crippen LogP contribution < -0.4 is 9.47 Å². The van der Waals surface area contributed by atoms with E-state index in [9.17, 15) is 10.2 Å². The van der Waals surface area contributed by atoms with Crippen LogP contribution in [0.25, 0.3) is 21.5 Å². The fraction of sp³-hybridized carbons (Fsp3) is 0.407. The van der Waals surface area contributed by atoms with Crippen molar-refractivity contribution in [3.63, 3.8) is 0 Å². The Morgan fingerprint density at radius 1 is 0.362 bits per heavy atom. The van der Waals surface area contributed by atoms with Crippen LogP contribution in [0.5, 0.6) is 11.5 Å². The number of benzene rings is 6. The lowest BCUT2D eigenvalue weighted by Crippen LogP contribution is -2.44. The van der Waals surface area contributed by atoms with Crippen LogP contribution in [0.15, 0.2) is 121 Å². The van der Waals surface area contributed by atoms with Gasteiger partial charge < -0.3 is 19.7 Å². The molecule has 0 saturated carbocycles. The summed E-state index contributed by atoms with van der Waals surface area (Å²) in [6.07, 6.45) is 20.1. The minimum Gasteiger partial charge on any atom is -0.494 e. The Kier molecular flexibility index (Phi) is 14.2. The predicted octanol–water partition coefficient (Wildman–Crippen LogP) is 13.9. The van der Waals surface area contributed by atoms with E-state index >= 15 is 0 Å². The van der Waals surface area contributed by atoms with Crippen molar-refractivity contribution in [2.75, 3.05) is 13.2 Å². The van der Waals surface area contributed by atoms with Crippen molar-refractivity contribution < 1.29 is 19.7 Å². The fourth-order valence-corrected chi connectivity index (χ4v) is 9.03. The Balaban J connectivity index is 1.19. The molecule has 0 fully saturated rings. The summed E-state index contributed by atoms with van der Waals surface area (Å²) >= 11 is 0. The number of rotatable bonds is 22. The SMILES string of the molecule is CCCCCCCCCCOc1ccc(C2(O)c3cc4ccccc4cc3C(O)(c3ccc(OCCCCCCCCCC)cc3)c3cc4ccccc4cc32)cc1. The summed E-state index contributed by atoms with van der Waals surface area (Å²) in [5.41, 5.74) is 1.01. The van der Waals surface area contributed by atoms with Crippen LogP contribution in [0.3, 0.4) is 0 Å². The summed E-state index contributed by atoms with van der Waals surface area (Å²) in [7, 11) is 0. The monoisotopic (exact) mass is 776 g/mol. The molecule has 58 heavy (non-hydrogen) atoms. The maximum absolute atomic E-state index is 13.5. The lowest BCUT2D eigenvalue weighted by Gasteiger charge is -2.45. The molecule has 0 atom stereocenters. The zero-order chi connectivity index (χ0) is 40.2. The number of ether oxygens (including phenoxy) is 2. The van der Waals surface area contributed by atoms with Gasteiger partial charge in [0.05, 0.1) is 13.2 Å². The third kappa shape index (κ3) is 9.14. The van der Waals surface area contributed by atoms with Crippen molar-refractivity contribution in [3.8, 4) is 11.5 Å². The molecule has 0 aromatic heterocycles. The van der Waals surface area contributed by atoms with Crippen LogP contribution in [0.4, 0.5) is 0 Å². The molecule has 4 nitrogen and oxygen atoms in total. The molecule has 0 amide bonds. The first-order valence-electron chi connectivity index (χ1n) is 22.5. The maximum atomic E-state index is 13.5. The highest BCUT2D eigenvalue weighted by atomic mass is 16.5. The molecule has 1 aliphatic rings. The minimum absolute atomic E-state index is 0.666. The smallest absolute Gasteiger partial charge is 0.141 e. The quantitative estimate of drug-likeness (QED) is 0.0674. The second kappa shape index (κ2) is 19.9. The van der Waals surface area contributed by atoms with E-state index in [1.807, 2.05) is 72.8 Å². The predicted molar refractivity (Wildman–Crippen MR) is 241 cm³/mol. The van der Waals surface area contributed by atoms with E-state index in [4.69, 9.17) is 9.47 Å². The van der Waals surface area contributed by atoms with E-state index in [2.05, 4.69) is 62.4 Å². The number of hydrogen-bond donors (Lipinski definition) is 2. The lowest BCUT2D eigenvalue weighted by atomic mass is 9.62. The Hall–Kier alpha value is -4.64. The highest BCUT2D eigenvalue weighted by Crippen LogP contribution is 2.55. The third-order valence-corrected chi connectivity index (χ3v) is 12.4. The molecular weight excluding hydrogens is 713 g/mol. The van der Waals surface area contributed by atoms with Gasteiger partial charge in [-0.15, -0.1) is 0 Å². The molecule has 2 N–H and O–H groups in total. The van der Waals surface area contributed by atoms with Crippen LogP contribution in [0.1, 0.15) is 150 Å². The lowest BCUT2D eigenvalue weighted by molar-refractivity contribution is 0.0752. The number of fused-ring (bicyclic) bond motifs is 4. The molecule has 6 aromatic carbocycles. The van der Waals surface area contributed by atoms with Gasteiger partial charge in [0.2, 0.25) is 0 Å². The summed E-state index contributed by atoms with van der Waals surface area (Å²) < 4.78 is 12.4. The molecule has 0 heterocycles. The van der Waals surface area contributed by atoms with E-state index in [1.165, 1.54) is 89.9 Å². The molecule has 4 heteroatoms. The van der Waals surface area contributed by atoms with Gasteiger partial charge in [-0.25, -0.2) is 0 Å². The zero-order valence-electron chi connectivity index (χ0n) is 35.0. The van der Waals surface area contributed by atoms with Gasteiger partial charge >= 0.3 is 0 Å². The van der Waals surface area contributed by atoms with Gasteiger partial charge in [0.15, 0.2) is 0 Å². The Bertz CT molecular complexity index is 1960. The minimum atomic E-state index is -1.56. The number of hydrogen-bond acceptors (Lipinski definition) is 4.